The van der Waals surface area contributed by atoms with Gasteiger partial charge >= 0.3 is 0 Å². The van der Waals surface area contributed by atoms with Crippen LogP contribution in [0.1, 0.15) is 16.7 Å². The molecule has 0 saturated carbocycles. The summed E-state index contributed by atoms with van der Waals surface area (Å²) >= 11 is 5.68. The molecule has 1 fully saturated rings. The number of benzene rings is 3. The number of amides is 2. The second kappa shape index (κ2) is 9.49. The Labute approximate surface area is 204 Å². The highest BCUT2D eigenvalue weighted by atomic mass is 32.1. The molecule has 3 aromatic carbocycles. The van der Waals surface area contributed by atoms with Gasteiger partial charge in [0.2, 0.25) is 0 Å². The van der Waals surface area contributed by atoms with Crippen molar-refractivity contribution < 1.29 is 19.1 Å². The zero-order valence-electron chi connectivity index (χ0n) is 19.4. The van der Waals surface area contributed by atoms with Crippen LogP contribution in [0.5, 0.6) is 11.5 Å². The van der Waals surface area contributed by atoms with Gasteiger partial charge in [-0.15, -0.1) is 0 Å². The van der Waals surface area contributed by atoms with Crippen molar-refractivity contribution in [3.8, 4) is 11.5 Å². The van der Waals surface area contributed by atoms with Crippen molar-refractivity contribution in [3.63, 3.8) is 0 Å². The van der Waals surface area contributed by atoms with Gasteiger partial charge in [-0.3, -0.25) is 19.4 Å². The molecule has 2 amide bonds. The third-order valence-electron chi connectivity index (χ3n) is 5.73. The summed E-state index contributed by atoms with van der Waals surface area (Å²) < 4.78 is 10.7. The average Bonchev–Trinajstić information content (AvgIpc) is 2.84. The molecule has 6 nitrogen and oxygen atoms in total. The standard InChI is InChI=1S/C27H24N2O4S/c1-17-10-12-21(14-18(17)2)29-26(31)22(15-19-11-13-23(32-3)24(16-19)33-4)25(30)28(27(29)34)20-8-6-5-7-9-20/h5-16H,1-4H3. The zero-order valence-corrected chi connectivity index (χ0v) is 20.2. The summed E-state index contributed by atoms with van der Waals surface area (Å²) in [6.45, 7) is 3.97. The van der Waals surface area contributed by atoms with E-state index in [2.05, 4.69) is 0 Å². The van der Waals surface area contributed by atoms with Crippen LogP contribution in [0, 0.1) is 13.8 Å². The first-order chi connectivity index (χ1) is 16.3. The molecular weight excluding hydrogens is 448 g/mol. The van der Waals surface area contributed by atoms with E-state index in [9.17, 15) is 9.59 Å². The smallest absolute Gasteiger partial charge is 0.270 e. The lowest BCUT2D eigenvalue weighted by Crippen LogP contribution is -2.57. The van der Waals surface area contributed by atoms with E-state index in [1.54, 1.807) is 43.5 Å². The number of methoxy groups -OCH3 is 2. The lowest BCUT2D eigenvalue weighted by Gasteiger charge is -2.36. The molecule has 4 rings (SSSR count). The number of carbonyl (C=O) groups is 2. The minimum absolute atomic E-state index is 0.0112. The van der Waals surface area contributed by atoms with Crippen LogP contribution in [-0.2, 0) is 9.59 Å². The minimum Gasteiger partial charge on any atom is -0.493 e. The zero-order chi connectivity index (χ0) is 24.4. The predicted octanol–water partition coefficient (Wildman–Crippen LogP) is 5.07. The Balaban J connectivity index is 1.87. The van der Waals surface area contributed by atoms with Crippen LogP contribution < -0.4 is 19.3 Å². The van der Waals surface area contributed by atoms with Crippen molar-refractivity contribution >= 4 is 46.6 Å². The molecule has 0 radical (unpaired) electrons. The van der Waals surface area contributed by atoms with Crippen LogP contribution in [0.4, 0.5) is 11.4 Å². The number of thiocarbonyl (C=S) groups is 1. The van der Waals surface area contributed by atoms with Gasteiger partial charge in [0.25, 0.3) is 11.8 Å². The molecule has 0 bridgehead atoms. The Hall–Kier alpha value is -3.97. The topological polar surface area (TPSA) is 59.1 Å². The number of aryl methyl sites for hydroxylation is 2. The first-order valence-electron chi connectivity index (χ1n) is 10.6. The van der Waals surface area contributed by atoms with Crippen molar-refractivity contribution in [1.29, 1.82) is 0 Å². The molecule has 1 aliphatic rings. The lowest BCUT2D eigenvalue weighted by atomic mass is 10.0. The van der Waals surface area contributed by atoms with Gasteiger partial charge in [0.1, 0.15) is 5.57 Å². The molecule has 1 heterocycles. The van der Waals surface area contributed by atoms with E-state index < -0.39 is 11.8 Å². The maximum atomic E-state index is 13.7. The summed E-state index contributed by atoms with van der Waals surface area (Å²) in [7, 11) is 3.08. The average molecular weight is 473 g/mol. The van der Waals surface area contributed by atoms with Gasteiger partial charge < -0.3 is 9.47 Å². The molecule has 34 heavy (non-hydrogen) atoms. The molecule has 1 saturated heterocycles. The number of ether oxygens (including phenoxy) is 2. The summed E-state index contributed by atoms with van der Waals surface area (Å²) in [5.74, 6) is 0.0695. The van der Waals surface area contributed by atoms with Crippen LogP contribution in [0.3, 0.4) is 0 Å². The number of carbonyl (C=O) groups excluding carboxylic acids is 2. The Morgan fingerprint density at radius 1 is 0.735 bits per heavy atom. The summed E-state index contributed by atoms with van der Waals surface area (Å²) in [5, 5.41) is 0.105. The highest BCUT2D eigenvalue weighted by Gasteiger charge is 2.41. The second-order valence-corrected chi connectivity index (χ2v) is 8.21. The van der Waals surface area contributed by atoms with E-state index in [0.29, 0.717) is 28.4 Å². The Kier molecular flexibility index (Phi) is 6.47. The molecule has 0 aliphatic carbocycles. The van der Waals surface area contributed by atoms with Crippen LogP contribution >= 0.6 is 12.2 Å². The van der Waals surface area contributed by atoms with Crippen molar-refractivity contribution in [2.24, 2.45) is 0 Å². The van der Waals surface area contributed by atoms with Gasteiger partial charge in [-0.25, -0.2) is 0 Å². The molecule has 0 unspecified atom stereocenters. The molecule has 0 N–H and O–H groups in total. The van der Waals surface area contributed by atoms with Crippen molar-refractivity contribution in [2.75, 3.05) is 24.0 Å². The molecule has 0 spiro atoms. The summed E-state index contributed by atoms with van der Waals surface area (Å²) in [6, 6.07) is 19.9. The number of hydrogen-bond donors (Lipinski definition) is 0. The summed E-state index contributed by atoms with van der Waals surface area (Å²) in [4.78, 5) is 30.1. The van der Waals surface area contributed by atoms with E-state index in [4.69, 9.17) is 21.7 Å². The van der Waals surface area contributed by atoms with Gasteiger partial charge in [0.15, 0.2) is 16.6 Å². The monoisotopic (exact) mass is 472 g/mol. The van der Waals surface area contributed by atoms with Gasteiger partial charge in [0, 0.05) is 0 Å². The molecule has 1 aliphatic heterocycles. The van der Waals surface area contributed by atoms with E-state index in [1.165, 1.54) is 16.9 Å². The van der Waals surface area contributed by atoms with E-state index in [1.807, 2.05) is 50.2 Å². The van der Waals surface area contributed by atoms with Gasteiger partial charge in [-0.1, -0.05) is 30.3 Å². The summed E-state index contributed by atoms with van der Waals surface area (Å²) in [6.07, 6.45) is 1.55. The molecule has 0 atom stereocenters. The molecule has 3 aromatic rings. The Morgan fingerprint density at radius 3 is 2.00 bits per heavy atom. The normalized spacial score (nSPS) is 15.2. The maximum Gasteiger partial charge on any atom is 0.270 e. The van der Waals surface area contributed by atoms with Crippen LogP contribution in [0.15, 0.2) is 72.3 Å². The molecule has 7 heteroatoms. The number of para-hydroxylation sites is 1. The number of anilines is 2. The van der Waals surface area contributed by atoms with E-state index in [0.717, 1.165) is 11.1 Å². The Morgan fingerprint density at radius 2 is 1.38 bits per heavy atom. The van der Waals surface area contributed by atoms with Gasteiger partial charge in [-0.2, -0.15) is 0 Å². The highest BCUT2D eigenvalue weighted by Crippen LogP contribution is 2.32. The fourth-order valence-corrected chi connectivity index (χ4v) is 4.11. The number of nitrogens with zero attached hydrogens (tertiary/aromatic N) is 2. The van der Waals surface area contributed by atoms with E-state index >= 15 is 0 Å². The fraction of sp³-hybridized carbons (Fsp3) is 0.148. The largest absolute Gasteiger partial charge is 0.493 e. The number of hydrogen-bond acceptors (Lipinski definition) is 5. The summed E-state index contributed by atoms with van der Waals surface area (Å²) in [5.41, 5.74) is 3.90. The third kappa shape index (κ3) is 4.18. The SMILES string of the molecule is COc1ccc(C=C2C(=O)N(c3ccccc3)C(=S)N(c3ccc(C)c(C)c3)C2=O)cc1OC. The van der Waals surface area contributed by atoms with Crippen LogP contribution in [0.2, 0.25) is 0 Å². The number of rotatable bonds is 5. The quantitative estimate of drug-likeness (QED) is 0.295. The molecular formula is C27H24N2O4S. The third-order valence-corrected chi connectivity index (χ3v) is 6.10. The van der Waals surface area contributed by atoms with E-state index in [-0.39, 0.29) is 10.7 Å². The fourth-order valence-electron chi connectivity index (χ4n) is 3.74. The van der Waals surface area contributed by atoms with Gasteiger partial charge in [-0.05, 0) is 85.2 Å². The van der Waals surface area contributed by atoms with Crippen molar-refractivity contribution in [2.45, 2.75) is 13.8 Å². The molecule has 172 valence electrons. The van der Waals surface area contributed by atoms with Crippen molar-refractivity contribution in [1.82, 2.24) is 0 Å². The van der Waals surface area contributed by atoms with Crippen molar-refractivity contribution in [3.05, 3.63) is 89.0 Å². The van der Waals surface area contributed by atoms with Gasteiger partial charge in [0.05, 0.1) is 25.6 Å². The highest BCUT2D eigenvalue weighted by molar-refractivity contribution is 7.81. The first-order valence-corrected chi connectivity index (χ1v) is 11.1. The van der Waals surface area contributed by atoms with Crippen LogP contribution in [0.25, 0.3) is 6.08 Å². The first kappa shape index (κ1) is 23.2. The second-order valence-electron chi connectivity index (χ2n) is 7.84. The van der Waals surface area contributed by atoms with Crippen LogP contribution in [-0.4, -0.2) is 31.1 Å². The maximum absolute atomic E-state index is 13.7. The predicted molar refractivity (Wildman–Crippen MR) is 137 cm³/mol. The molecule has 0 aromatic heterocycles. The minimum atomic E-state index is -0.490. The Bertz CT molecular complexity index is 1320. The lowest BCUT2D eigenvalue weighted by molar-refractivity contribution is -0.120.